The summed E-state index contributed by atoms with van der Waals surface area (Å²) in [6, 6.07) is 6.99. The Morgan fingerprint density at radius 3 is 2.93 bits per heavy atom. The van der Waals surface area contributed by atoms with Gasteiger partial charge in [0.2, 0.25) is 0 Å². The minimum Gasteiger partial charge on any atom is -0.206 e. The number of benzene rings is 1. The summed E-state index contributed by atoms with van der Waals surface area (Å²) >= 11 is 4.60. The summed E-state index contributed by atoms with van der Waals surface area (Å²) in [5.41, 5.74) is 0.755. The van der Waals surface area contributed by atoms with E-state index >= 15 is 0 Å². The van der Waals surface area contributed by atoms with Gasteiger partial charge in [-0.25, -0.2) is 4.39 Å². The fraction of sp³-hybridized carbons (Fsp3) is 0.100. The van der Waals surface area contributed by atoms with Gasteiger partial charge in [0.15, 0.2) is 0 Å². The first-order valence-corrected chi connectivity index (χ1v) is 5.87. The van der Waals surface area contributed by atoms with Crippen LogP contribution in [0, 0.1) is 17.1 Å². The fourth-order valence-corrected chi connectivity index (χ4v) is 3.16. The Balaban J connectivity index is 2.90. The van der Waals surface area contributed by atoms with Gasteiger partial charge in [-0.05, 0) is 12.1 Å². The molecule has 0 fully saturated rings. The minimum absolute atomic E-state index is 0.255. The smallest absolute Gasteiger partial charge is 0.132 e. The van der Waals surface area contributed by atoms with E-state index in [2.05, 4.69) is 22.0 Å². The second-order valence-electron chi connectivity index (χ2n) is 2.77. The van der Waals surface area contributed by atoms with E-state index in [-0.39, 0.29) is 5.82 Å². The van der Waals surface area contributed by atoms with Gasteiger partial charge in [-0.1, -0.05) is 22.0 Å². The van der Waals surface area contributed by atoms with Crippen molar-refractivity contribution in [2.75, 3.05) is 0 Å². The molecule has 1 aromatic heterocycles. The van der Waals surface area contributed by atoms with E-state index in [4.69, 9.17) is 5.26 Å². The maximum Gasteiger partial charge on any atom is 0.132 e. The van der Waals surface area contributed by atoms with Crippen LogP contribution in [0.3, 0.4) is 0 Å². The second-order valence-corrected chi connectivity index (χ2v) is 4.38. The third kappa shape index (κ3) is 1.33. The van der Waals surface area contributed by atoms with Crippen LogP contribution in [0.25, 0.3) is 10.1 Å². The first-order valence-electron chi connectivity index (χ1n) is 3.94. The highest BCUT2D eigenvalue weighted by Gasteiger charge is 2.13. The monoisotopic (exact) mass is 269 g/mol. The van der Waals surface area contributed by atoms with Gasteiger partial charge in [-0.3, -0.25) is 0 Å². The Morgan fingerprint density at radius 2 is 2.29 bits per heavy atom. The molecule has 0 bridgehead atoms. The molecule has 1 nitrogen and oxygen atoms in total. The van der Waals surface area contributed by atoms with Crippen molar-refractivity contribution in [1.29, 1.82) is 5.26 Å². The van der Waals surface area contributed by atoms with Crippen LogP contribution in [0.1, 0.15) is 10.4 Å². The molecule has 1 heterocycles. The third-order valence-electron chi connectivity index (χ3n) is 2.00. The van der Waals surface area contributed by atoms with E-state index in [0.717, 1.165) is 10.3 Å². The molecule has 0 N–H and O–H groups in total. The Hall–Kier alpha value is -0.920. The molecule has 14 heavy (non-hydrogen) atoms. The molecule has 4 heteroatoms. The van der Waals surface area contributed by atoms with Crippen molar-refractivity contribution in [3.05, 3.63) is 34.5 Å². The van der Waals surface area contributed by atoms with Gasteiger partial charge in [-0.2, -0.15) is 5.26 Å². The maximum atomic E-state index is 13.5. The summed E-state index contributed by atoms with van der Waals surface area (Å²) in [6.07, 6.45) is 0. The number of rotatable bonds is 1. The number of hydrogen-bond donors (Lipinski definition) is 0. The van der Waals surface area contributed by atoms with Gasteiger partial charge in [-0.15, -0.1) is 11.3 Å². The average Bonchev–Trinajstić information content (AvgIpc) is 2.56. The lowest BCUT2D eigenvalue weighted by atomic mass is 10.1. The van der Waals surface area contributed by atoms with E-state index in [1.807, 2.05) is 6.07 Å². The zero-order chi connectivity index (χ0) is 10.1. The Morgan fingerprint density at radius 1 is 1.50 bits per heavy atom. The molecule has 0 saturated heterocycles. The highest BCUT2D eigenvalue weighted by Crippen LogP contribution is 2.33. The standard InChI is InChI=1S/C10H5BrFNS/c11-4-6-9(5-13)14-8-3-1-2-7(12)10(6)8/h1-3H,4H2. The van der Waals surface area contributed by atoms with Gasteiger partial charge in [0.25, 0.3) is 0 Å². The second kappa shape index (κ2) is 3.68. The molecule has 1 aromatic carbocycles. The van der Waals surface area contributed by atoms with Crippen LogP contribution in [-0.2, 0) is 5.33 Å². The zero-order valence-corrected chi connectivity index (χ0v) is 9.45. The molecule has 0 aliphatic heterocycles. The lowest BCUT2D eigenvalue weighted by Crippen LogP contribution is -1.81. The first-order chi connectivity index (χ1) is 6.77. The molecular formula is C10H5BrFNS. The highest BCUT2D eigenvalue weighted by molar-refractivity contribution is 9.08. The summed E-state index contributed by atoms with van der Waals surface area (Å²) in [5.74, 6) is -0.255. The molecule has 0 radical (unpaired) electrons. The molecule has 0 aliphatic carbocycles. The van der Waals surface area contributed by atoms with Crippen LogP contribution in [0.4, 0.5) is 4.39 Å². The molecule has 70 valence electrons. The number of alkyl halides is 1. The van der Waals surface area contributed by atoms with Crippen molar-refractivity contribution >= 4 is 37.4 Å². The van der Waals surface area contributed by atoms with Gasteiger partial charge in [0.1, 0.15) is 16.8 Å². The zero-order valence-electron chi connectivity index (χ0n) is 7.05. The molecule has 0 aliphatic rings. The molecule has 0 amide bonds. The van der Waals surface area contributed by atoms with E-state index in [1.165, 1.54) is 17.4 Å². The predicted molar refractivity (Wildman–Crippen MR) is 59.1 cm³/mol. The summed E-state index contributed by atoms with van der Waals surface area (Å²) < 4.78 is 14.3. The van der Waals surface area contributed by atoms with Crippen LogP contribution < -0.4 is 0 Å². The van der Waals surface area contributed by atoms with Crippen LogP contribution in [0.15, 0.2) is 18.2 Å². The van der Waals surface area contributed by atoms with Gasteiger partial charge >= 0.3 is 0 Å². The summed E-state index contributed by atoms with van der Waals surface area (Å²) in [4.78, 5) is 0.585. The van der Waals surface area contributed by atoms with Crippen LogP contribution in [-0.4, -0.2) is 0 Å². The van der Waals surface area contributed by atoms with Crippen molar-refractivity contribution < 1.29 is 4.39 Å². The molecule has 0 unspecified atom stereocenters. The topological polar surface area (TPSA) is 23.8 Å². The lowest BCUT2D eigenvalue weighted by molar-refractivity contribution is 0.639. The summed E-state index contributed by atoms with van der Waals surface area (Å²) in [5, 5.41) is 9.94. The highest BCUT2D eigenvalue weighted by atomic mass is 79.9. The van der Waals surface area contributed by atoms with Crippen LogP contribution >= 0.6 is 27.3 Å². The Bertz CT molecular complexity index is 527. The fourth-order valence-electron chi connectivity index (χ4n) is 1.39. The van der Waals surface area contributed by atoms with E-state index in [1.54, 1.807) is 6.07 Å². The van der Waals surface area contributed by atoms with Crippen molar-refractivity contribution in [1.82, 2.24) is 0 Å². The summed E-state index contributed by atoms with van der Waals surface area (Å²) in [7, 11) is 0. The molecule has 2 rings (SSSR count). The van der Waals surface area contributed by atoms with Gasteiger partial charge in [0, 0.05) is 21.0 Å². The third-order valence-corrected chi connectivity index (χ3v) is 3.66. The van der Waals surface area contributed by atoms with Crippen LogP contribution in [0.5, 0.6) is 0 Å². The quantitative estimate of drug-likeness (QED) is 0.723. The van der Waals surface area contributed by atoms with E-state index in [9.17, 15) is 4.39 Å². The van der Waals surface area contributed by atoms with Crippen molar-refractivity contribution in [2.24, 2.45) is 0 Å². The number of nitriles is 1. The molecular weight excluding hydrogens is 265 g/mol. The van der Waals surface area contributed by atoms with E-state index < -0.39 is 0 Å². The Labute approximate surface area is 92.9 Å². The number of thiophene rings is 1. The van der Waals surface area contributed by atoms with Crippen molar-refractivity contribution in [2.45, 2.75) is 5.33 Å². The normalized spacial score (nSPS) is 10.4. The molecule has 0 spiro atoms. The largest absolute Gasteiger partial charge is 0.206 e. The van der Waals surface area contributed by atoms with Crippen molar-refractivity contribution in [3.63, 3.8) is 0 Å². The number of fused-ring (bicyclic) bond motifs is 1. The maximum absolute atomic E-state index is 13.5. The first kappa shape index (κ1) is 9.63. The van der Waals surface area contributed by atoms with Crippen LogP contribution in [0.2, 0.25) is 0 Å². The minimum atomic E-state index is -0.255. The van der Waals surface area contributed by atoms with Crippen molar-refractivity contribution in [3.8, 4) is 6.07 Å². The molecule has 0 saturated carbocycles. The van der Waals surface area contributed by atoms with Gasteiger partial charge in [0.05, 0.1) is 0 Å². The lowest BCUT2D eigenvalue weighted by Gasteiger charge is -1.94. The van der Waals surface area contributed by atoms with Gasteiger partial charge < -0.3 is 0 Å². The molecule has 2 aromatic rings. The number of hydrogen-bond acceptors (Lipinski definition) is 2. The Kier molecular flexibility index (Phi) is 2.53. The molecule has 0 atom stereocenters. The SMILES string of the molecule is N#Cc1sc2cccc(F)c2c1CBr. The number of halogens is 2. The summed E-state index contributed by atoms with van der Waals surface area (Å²) in [6.45, 7) is 0. The number of nitrogens with zero attached hydrogens (tertiary/aromatic N) is 1. The van der Waals surface area contributed by atoms with E-state index in [0.29, 0.717) is 15.6 Å². The predicted octanol–water partition coefficient (Wildman–Crippen LogP) is 3.81. The average molecular weight is 270 g/mol.